The highest BCUT2D eigenvalue weighted by Gasteiger charge is 2.23. The number of hydrogen-bond acceptors (Lipinski definition) is 3. The Morgan fingerprint density at radius 3 is 3.29 bits per heavy atom. The molecule has 0 spiro atoms. The van der Waals surface area contributed by atoms with Crippen molar-refractivity contribution in [3.8, 4) is 0 Å². The smallest absolute Gasteiger partial charge is 0.317 e. The van der Waals surface area contributed by atoms with Crippen molar-refractivity contribution >= 4 is 6.03 Å². The van der Waals surface area contributed by atoms with Gasteiger partial charge < -0.3 is 19.5 Å². The van der Waals surface area contributed by atoms with Gasteiger partial charge in [-0.3, -0.25) is 0 Å². The van der Waals surface area contributed by atoms with Crippen LogP contribution in [0.2, 0.25) is 0 Å². The van der Waals surface area contributed by atoms with Crippen LogP contribution in [-0.4, -0.2) is 53.3 Å². The third-order valence-electron chi connectivity index (χ3n) is 4.43. The topological polar surface area (TPSA) is 59.4 Å². The number of nitrogens with zero attached hydrogens (tertiary/aromatic N) is 3. The third kappa shape index (κ3) is 3.56. The summed E-state index contributed by atoms with van der Waals surface area (Å²) in [7, 11) is 1.87. The number of rotatable bonds is 4. The first kappa shape index (κ1) is 14.4. The van der Waals surface area contributed by atoms with Crippen molar-refractivity contribution in [1.82, 2.24) is 19.8 Å². The summed E-state index contributed by atoms with van der Waals surface area (Å²) in [6, 6.07) is -0.000541. The lowest BCUT2D eigenvalue weighted by molar-refractivity contribution is 0.109. The van der Waals surface area contributed by atoms with Crippen molar-refractivity contribution in [1.29, 1.82) is 0 Å². The fourth-order valence-electron chi connectivity index (χ4n) is 3.18. The summed E-state index contributed by atoms with van der Waals surface area (Å²) >= 11 is 0. The van der Waals surface area contributed by atoms with E-state index in [1.807, 2.05) is 19.4 Å². The molecule has 3 heterocycles. The molecule has 1 aromatic heterocycles. The molecule has 0 aromatic carbocycles. The lowest BCUT2D eigenvalue weighted by Gasteiger charge is -2.28. The summed E-state index contributed by atoms with van der Waals surface area (Å²) in [5, 5.41) is 2.97. The molecule has 2 atom stereocenters. The maximum Gasteiger partial charge on any atom is 0.317 e. The van der Waals surface area contributed by atoms with Gasteiger partial charge in [-0.05, 0) is 25.2 Å². The number of imidazole rings is 1. The maximum absolute atomic E-state index is 12.1. The average Bonchev–Trinajstić information content (AvgIpc) is 3.15. The molecule has 116 valence electrons. The molecule has 1 aromatic rings. The van der Waals surface area contributed by atoms with Gasteiger partial charge in [0.2, 0.25) is 0 Å². The molecular weight excluding hydrogens is 268 g/mol. The number of ether oxygens (including phenoxy) is 1. The van der Waals surface area contributed by atoms with Crippen molar-refractivity contribution in [2.75, 3.05) is 26.7 Å². The second kappa shape index (κ2) is 6.47. The zero-order valence-electron chi connectivity index (χ0n) is 12.6. The van der Waals surface area contributed by atoms with E-state index in [0.29, 0.717) is 12.5 Å². The highest BCUT2D eigenvalue weighted by Crippen LogP contribution is 2.19. The summed E-state index contributed by atoms with van der Waals surface area (Å²) in [6.45, 7) is 3.24. The molecule has 2 aliphatic rings. The molecule has 1 saturated heterocycles. The number of aryl methyl sites for hydroxylation is 1. The Labute approximate surface area is 125 Å². The van der Waals surface area contributed by atoms with Crippen LogP contribution < -0.4 is 5.32 Å². The summed E-state index contributed by atoms with van der Waals surface area (Å²) in [5.74, 6) is 1.64. The Kier molecular flexibility index (Phi) is 4.43. The summed E-state index contributed by atoms with van der Waals surface area (Å²) in [5.41, 5.74) is 0. The van der Waals surface area contributed by atoms with Gasteiger partial charge >= 0.3 is 6.03 Å². The Morgan fingerprint density at radius 1 is 1.57 bits per heavy atom. The monoisotopic (exact) mass is 292 g/mol. The number of aromatic nitrogens is 2. The number of nitrogens with one attached hydrogen (secondary N) is 1. The quantitative estimate of drug-likeness (QED) is 0.909. The molecule has 1 fully saturated rings. The lowest BCUT2D eigenvalue weighted by atomic mass is 9.97. The van der Waals surface area contributed by atoms with E-state index in [1.54, 1.807) is 4.90 Å². The molecule has 0 unspecified atom stereocenters. The molecule has 6 heteroatoms. The standard InChI is InChI=1S/C15H24N4O2/c1-18(15(20)17-10-13-3-2-8-21-13)11-12-4-6-19-7-5-16-14(19)9-12/h5,7,12-13H,2-4,6,8-11H2,1H3,(H,17,20)/t12-,13-/m1/s1. The number of amides is 2. The molecule has 0 bridgehead atoms. The van der Waals surface area contributed by atoms with E-state index >= 15 is 0 Å². The van der Waals surface area contributed by atoms with E-state index in [9.17, 15) is 4.79 Å². The maximum atomic E-state index is 12.1. The highest BCUT2D eigenvalue weighted by atomic mass is 16.5. The molecule has 6 nitrogen and oxygen atoms in total. The molecule has 2 aliphatic heterocycles. The predicted molar refractivity (Wildman–Crippen MR) is 79.0 cm³/mol. The van der Waals surface area contributed by atoms with Gasteiger partial charge in [0, 0.05) is 52.1 Å². The first-order valence-corrected chi connectivity index (χ1v) is 7.83. The average molecular weight is 292 g/mol. The van der Waals surface area contributed by atoms with Crippen LogP contribution in [0.25, 0.3) is 0 Å². The third-order valence-corrected chi connectivity index (χ3v) is 4.43. The van der Waals surface area contributed by atoms with Crippen LogP contribution in [0.5, 0.6) is 0 Å². The normalized spacial score (nSPS) is 24.6. The Hall–Kier alpha value is -1.56. The van der Waals surface area contributed by atoms with Crippen molar-refractivity contribution in [3.63, 3.8) is 0 Å². The Balaban J connectivity index is 1.43. The van der Waals surface area contributed by atoms with Crippen molar-refractivity contribution in [3.05, 3.63) is 18.2 Å². The van der Waals surface area contributed by atoms with Gasteiger partial charge in [-0.2, -0.15) is 0 Å². The van der Waals surface area contributed by atoms with Gasteiger partial charge in [-0.1, -0.05) is 0 Å². The zero-order chi connectivity index (χ0) is 14.7. The minimum absolute atomic E-state index is 0.000541. The van der Waals surface area contributed by atoms with E-state index in [1.165, 1.54) is 0 Å². The zero-order valence-corrected chi connectivity index (χ0v) is 12.6. The van der Waals surface area contributed by atoms with Crippen molar-refractivity contribution < 1.29 is 9.53 Å². The molecule has 21 heavy (non-hydrogen) atoms. The van der Waals surface area contributed by atoms with E-state index in [0.717, 1.165) is 51.2 Å². The number of carbonyl (C=O) groups is 1. The first-order valence-electron chi connectivity index (χ1n) is 7.83. The minimum atomic E-state index is -0.000541. The van der Waals surface area contributed by atoms with E-state index < -0.39 is 0 Å². The number of fused-ring (bicyclic) bond motifs is 1. The van der Waals surface area contributed by atoms with Gasteiger partial charge in [0.1, 0.15) is 5.82 Å². The van der Waals surface area contributed by atoms with Crippen LogP contribution in [0.15, 0.2) is 12.4 Å². The Morgan fingerprint density at radius 2 is 2.48 bits per heavy atom. The van der Waals surface area contributed by atoms with Gasteiger partial charge in [-0.15, -0.1) is 0 Å². The number of urea groups is 1. The lowest BCUT2D eigenvalue weighted by Crippen LogP contribution is -2.43. The van der Waals surface area contributed by atoms with Crippen molar-refractivity contribution in [2.45, 2.75) is 38.3 Å². The van der Waals surface area contributed by atoms with Crippen LogP contribution in [0.3, 0.4) is 0 Å². The van der Waals surface area contributed by atoms with E-state index in [2.05, 4.69) is 14.9 Å². The molecule has 0 aliphatic carbocycles. The van der Waals surface area contributed by atoms with E-state index in [4.69, 9.17) is 4.74 Å². The second-order valence-electron chi connectivity index (χ2n) is 6.10. The predicted octanol–water partition coefficient (Wildman–Crippen LogP) is 1.27. The molecule has 3 rings (SSSR count). The summed E-state index contributed by atoms with van der Waals surface area (Å²) in [4.78, 5) is 18.3. The highest BCUT2D eigenvalue weighted by molar-refractivity contribution is 5.73. The molecule has 1 N–H and O–H groups in total. The van der Waals surface area contributed by atoms with Gasteiger partial charge in [0.05, 0.1) is 6.10 Å². The van der Waals surface area contributed by atoms with E-state index in [-0.39, 0.29) is 12.1 Å². The molecule has 0 radical (unpaired) electrons. The SMILES string of the molecule is CN(C[C@@H]1CCn2ccnc2C1)C(=O)NC[C@H]1CCCO1. The van der Waals surface area contributed by atoms with Gasteiger partial charge in [-0.25, -0.2) is 9.78 Å². The van der Waals surface area contributed by atoms with Crippen LogP contribution in [0.4, 0.5) is 4.79 Å². The molecule has 0 saturated carbocycles. The van der Waals surface area contributed by atoms with Gasteiger partial charge in [0.15, 0.2) is 0 Å². The minimum Gasteiger partial charge on any atom is -0.376 e. The van der Waals surface area contributed by atoms with Crippen LogP contribution >= 0.6 is 0 Å². The largest absolute Gasteiger partial charge is 0.376 e. The van der Waals surface area contributed by atoms with Crippen LogP contribution in [-0.2, 0) is 17.7 Å². The summed E-state index contributed by atoms with van der Waals surface area (Å²) < 4.78 is 7.72. The molecular formula is C15H24N4O2. The van der Waals surface area contributed by atoms with Crippen LogP contribution in [0, 0.1) is 5.92 Å². The molecule has 2 amide bonds. The fraction of sp³-hybridized carbons (Fsp3) is 0.733. The van der Waals surface area contributed by atoms with Crippen LogP contribution in [0.1, 0.15) is 25.1 Å². The fourth-order valence-corrected chi connectivity index (χ4v) is 3.18. The number of carbonyl (C=O) groups excluding carboxylic acids is 1. The second-order valence-corrected chi connectivity index (χ2v) is 6.10. The van der Waals surface area contributed by atoms with Gasteiger partial charge in [0.25, 0.3) is 0 Å². The summed E-state index contributed by atoms with van der Waals surface area (Å²) in [6.07, 6.45) is 8.30. The van der Waals surface area contributed by atoms with Crippen molar-refractivity contribution in [2.24, 2.45) is 5.92 Å². The number of hydrogen-bond donors (Lipinski definition) is 1. The first-order chi connectivity index (χ1) is 10.2. The Bertz CT molecular complexity index is 482.